The number of rotatable bonds is 3. The van der Waals surface area contributed by atoms with Crippen LogP contribution in [0.2, 0.25) is 0 Å². The number of guanidine groups is 1. The Hall–Kier alpha value is -1.18. The molecule has 1 aromatic rings. The highest BCUT2D eigenvalue weighted by Gasteiger charge is 2.14. The van der Waals surface area contributed by atoms with Crippen molar-refractivity contribution in [3.05, 3.63) is 23.8 Å². The molecule has 0 saturated heterocycles. The second-order valence-electron chi connectivity index (χ2n) is 5.81. The molecule has 21 heavy (non-hydrogen) atoms. The van der Waals surface area contributed by atoms with Crippen LogP contribution in [0.15, 0.2) is 23.2 Å². The molecular formula is C15H24IN3O2. The molecule has 1 heterocycles. The summed E-state index contributed by atoms with van der Waals surface area (Å²) in [5, 5.41) is 6.64. The fraction of sp³-hybridized carbons (Fsp3) is 0.533. The van der Waals surface area contributed by atoms with Crippen LogP contribution in [0.4, 0.5) is 0 Å². The smallest absolute Gasteiger partial charge is 0.231 e. The number of hydrogen-bond donors (Lipinski definition) is 2. The molecule has 0 unspecified atom stereocenters. The molecule has 6 heteroatoms. The fourth-order valence-corrected chi connectivity index (χ4v) is 1.96. The number of ether oxygens (including phenoxy) is 2. The Labute approximate surface area is 143 Å². The molecule has 0 atom stereocenters. The Balaban J connectivity index is 0.00000220. The lowest BCUT2D eigenvalue weighted by molar-refractivity contribution is 0.174. The Morgan fingerprint density at radius 3 is 2.62 bits per heavy atom. The van der Waals surface area contributed by atoms with Crippen molar-refractivity contribution >= 4 is 29.9 Å². The van der Waals surface area contributed by atoms with E-state index >= 15 is 0 Å². The Bertz CT molecular complexity index is 498. The molecule has 0 fully saturated rings. The average molecular weight is 405 g/mol. The lowest BCUT2D eigenvalue weighted by Gasteiger charge is -2.23. The van der Waals surface area contributed by atoms with Crippen molar-refractivity contribution in [2.24, 2.45) is 4.99 Å². The first-order chi connectivity index (χ1) is 9.48. The third-order valence-corrected chi connectivity index (χ3v) is 2.86. The van der Waals surface area contributed by atoms with Crippen LogP contribution in [-0.4, -0.2) is 31.9 Å². The summed E-state index contributed by atoms with van der Waals surface area (Å²) in [4.78, 5) is 4.21. The van der Waals surface area contributed by atoms with Crippen molar-refractivity contribution in [1.29, 1.82) is 0 Å². The summed E-state index contributed by atoms with van der Waals surface area (Å²) in [6, 6.07) is 6.05. The summed E-state index contributed by atoms with van der Waals surface area (Å²) < 4.78 is 10.7. The van der Waals surface area contributed by atoms with E-state index < -0.39 is 0 Å². The summed E-state index contributed by atoms with van der Waals surface area (Å²) in [5.74, 6) is 2.48. The van der Waals surface area contributed by atoms with Gasteiger partial charge in [-0.25, -0.2) is 0 Å². The molecular weight excluding hydrogens is 381 g/mol. The Morgan fingerprint density at radius 1 is 1.24 bits per heavy atom. The molecule has 0 radical (unpaired) electrons. The summed E-state index contributed by atoms with van der Waals surface area (Å²) in [5.41, 5.74) is 1.22. The summed E-state index contributed by atoms with van der Waals surface area (Å²) in [6.07, 6.45) is 0.904. The summed E-state index contributed by atoms with van der Waals surface area (Å²) in [7, 11) is 1.78. The standard InChI is InChI=1S/C15H23N3O2.HI/c1-15(2,3)18-14(16-4)17-8-7-11-5-6-12-13(9-11)20-10-19-12;/h5-6,9H,7-8,10H2,1-4H3,(H2,16,17,18);1H. The Morgan fingerprint density at radius 2 is 1.95 bits per heavy atom. The van der Waals surface area contributed by atoms with E-state index in [-0.39, 0.29) is 29.5 Å². The maximum Gasteiger partial charge on any atom is 0.231 e. The number of hydrogen-bond acceptors (Lipinski definition) is 3. The summed E-state index contributed by atoms with van der Waals surface area (Å²) >= 11 is 0. The minimum atomic E-state index is 0. The van der Waals surface area contributed by atoms with E-state index in [4.69, 9.17) is 9.47 Å². The van der Waals surface area contributed by atoms with Crippen molar-refractivity contribution in [3.63, 3.8) is 0 Å². The molecule has 1 aliphatic rings. The molecule has 0 aliphatic carbocycles. The molecule has 2 N–H and O–H groups in total. The number of benzene rings is 1. The quantitative estimate of drug-likeness (QED) is 0.461. The molecule has 2 rings (SSSR count). The van der Waals surface area contributed by atoms with Gasteiger partial charge in [0, 0.05) is 19.1 Å². The monoisotopic (exact) mass is 405 g/mol. The summed E-state index contributed by atoms with van der Waals surface area (Å²) in [6.45, 7) is 7.46. The number of nitrogens with zero attached hydrogens (tertiary/aromatic N) is 1. The zero-order chi connectivity index (χ0) is 14.6. The molecule has 0 aromatic heterocycles. The van der Waals surface area contributed by atoms with Gasteiger partial charge in [0.1, 0.15) is 0 Å². The third kappa shape index (κ3) is 5.61. The minimum absolute atomic E-state index is 0. The van der Waals surface area contributed by atoms with Gasteiger partial charge in [0.15, 0.2) is 17.5 Å². The molecule has 0 bridgehead atoms. The van der Waals surface area contributed by atoms with Gasteiger partial charge in [-0.3, -0.25) is 4.99 Å². The van der Waals surface area contributed by atoms with E-state index in [2.05, 4.69) is 42.5 Å². The van der Waals surface area contributed by atoms with Gasteiger partial charge in [0.05, 0.1) is 0 Å². The average Bonchev–Trinajstić information content (AvgIpc) is 2.83. The molecule has 1 aliphatic heterocycles. The fourth-order valence-electron chi connectivity index (χ4n) is 1.96. The maximum absolute atomic E-state index is 5.37. The van der Waals surface area contributed by atoms with E-state index in [1.165, 1.54) is 5.56 Å². The lowest BCUT2D eigenvalue weighted by Crippen LogP contribution is -2.48. The third-order valence-electron chi connectivity index (χ3n) is 2.86. The van der Waals surface area contributed by atoms with E-state index in [9.17, 15) is 0 Å². The van der Waals surface area contributed by atoms with Crippen molar-refractivity contribution < 1.29 is 9.47 Å². The van der Waals surface area contributed by atoms with Gasteiger partial charge in [-0.1, -0.05) is 6.07 Å². The molecule has 0 amide bonds. The maximum atomic E-state index is 5.37. The second kappa shape index (κ2) is 7.72. The molecule has 0 spiro atoms. The predicted molar refractivity (Wildman–Crippen MR) is 95.9 cm³/mol. The van der Waals surface area contributed by atoms with Crippen LogP contribution in [0.25, 0.3) is 0 Å². The van der Waals surface area contributed by atoms with E-state index in [1.807, 2.05) is 12.1 Å². The highest BCUT2D eigenvalue weighted by atomic mass is 127. The first-order valence-corrected chi connectivity index (χ1v) is 6.85. The number of fused-ring (bicyclic) bond motifs is 1. The first-order valence-electron chi connectivity index (χ1n) is 6.85. The van der Waals surface area contributed by atoms with Crippen molar-refractivity contribution in [3.8, 4) is 11.5 Å². The van der Waals surface area contributed by atoms with Crippen molar-refractivity contribution in [1.82, 2.24) is 10.6 Å². The molecule has 118 valence electrons. The van der Waals surface area contributed by atoms with Gasteiger partial charge in [-0.05, 0) is 44.9 Å². The highest BCUT2D eigenvalue weighted by molar-refractivity contribution is 14.0. The number of halogens is 1. The normalized spacial score (nSPS) is 13.6. The van der Waals surface area contributed by atoms with Crippen LogP contribution in [0.5, 0.6) is 11.5 Å². The van der Waals surface area contributed by atoms with Crippen molar-refractivity contribution in [2.75, 3.05) is 20.4 Å². The SMILES string of the molecule is CN=C(NCCc1ccc2c(c1)OCO2)NC(C)(C)C.I. The Kier molecular flexibility index (Phi) is 6.57. The largest absolute Gasteiger partial charge is 0.454 e. The lowest BCUT2D eigenvalue weighted by atomic mass is 10.1. The first kappa shape index (κ1) is 17.9. The van der Waals surface area contributed by atoms with Gasteiger partial charge in [0.25, 0.3) is 0 Å². The van der Waals surface area contributed by atoms with Gasteiger partial charge >= 0.3 is 0 Å². The molecule has 0 saturated carbocycles. The van der Waals surface area contributed by atoms with Crippen LogP contribution in [0, 0.1) is 0 Å². The second-order valence-corrected chi connectivity index (χ2v) is 5.81. The van der Waals surface area contributed by atoms with Gasteiger partial charge < -0.3 is 20.1 Å². The zero-order valence-corrected chi connectivity index (χ0v) is 15.4. The van der Waals surface area contributed by atoms with Crippen LogP contribution < -0.4 is 20.1 Å². The predicted octanol–water partition coefficient (Wildman–Crippen LogP) is 2.54. The van der Waals surface area contributed by atoms with Gasteiger partial charge in [-0.15, -0.1) is 24.0 Å². The highest BCUT2D eigenvalue weighted by Crippen LogP contribution is 2.32. The van der Waals surface area contributed by atoms with E-state index in [0.29, 0.717) is 6.79 Å². The molecule has 5 nitrogen and oxygen atoms in total. The van der Waals surface area contributed by atoms with Crippen LogP contribution in [0.3, 0.4) is 0 Å². The molecule has 1 aromatic carbocycles. The van der Waals surface area contributed by atoms with Gasteiger partial charge in [-0.2, -0.15) is 0 Å². The number of nitrogens with one attached hydrogen (secondary N) is 2. The minimum Gasteiger partial charge on any atom is -0.454 e. The van der Waals surface area contributed by atoms with Crippen LogP contribution in [0.1, 0.15) is 26.3 Å². The zero-order valence-electron chi connectivity index (χ0n) is 13.0. The van der Waals surface area contributed by atoms with E-state index in [0.717, 1.165) is 30.4 Å². The van der Waals surface area contributed by atoms with Gasteiger partial charge in [0.2, 0.25) is 6.79 Å². The van der Waals surface area contributed by atoms with Crippen LogP contribution in [-0.2, 0) is 6.42 Å². The van der Waals surface area contributed by atoms with Crippen LogP contribution >= 0.6 is 24.0 Å². The number of aliphatic imine (C=N–C) groups is 1. The van der Waals surface area contributed by atoms with E-state index in [1.54, 1.807) is 7.05 Å². The van der Waals surface area contributed by atoms with Crippen molar-refractivity contribution in [2.45, 2.75) is 32.7 Å². The topological polar surface area (TPSA) is 54.9 Å².